The molecule has 0 bridgehead atoms. The first kappa shape index (κ1) is 13.6. The minimum Gasteiger partial charge on any atom is -0.325 e. The quantitative estimate of drug-likeness (QED) is 0.769. The molecule has 0 atom stereocenters. The van der Waals surface area contributed by atoms with Gasteiger partial charge in [0.25, 0.3) is 0 Å². The lowest BCUT2D eigenvalue weighted by Gasteiger charge is -2.37. The van der Waals surface area contributed by atoms with Crippen molar-refractivity contribution in [1.29, 1.82) is 0 Å². The van der Waals surface area contributed by atoms with E-state index in [2.05, 4.69) is 24.3 Å². The third-order valence-corrected chi connectivity index (χ3v) is 3.90. The summed E-state index contributed by atoms with van der Waals surface area (Å²) in [5.41, 5.74) is 0. The molecule has 0 aliphatic carbocycles. The number of piperazine rings is 1. The molecule has 0 aromatic heterocycles. The predicted molar refractivity (Wildman–Crippen MR) is 72.7 cm³/mol. The van der Waals surface area contributed by atoms with Crippen LogP contribution in [-0.4, -0.2) is 80.6 Å². The van der Waals surface area contributed by atoms with Gasteiger partial charge in [0, 0.05) is 45.8 Å². The summed E-state index contributed by atoms with van der Waals surface area (Å²) < 4.78 is 0. The van der Waals surface area contributed by atoms with Crippen molar-refractivity contribution >= 4 is 6.03 Å². The first-order chi connectivity index (χ1) is 8.66. The van der Waals surface area contributed by atoms with Gasteiger partial charge in [-0.1, -0.05) is 0 Å². The van der Waals surface area contributed by atoms with E-state index < -0.39 is 0 Å². The molecule has 2 heterocycles. The van der Waals surface area contributed by atoms with Crippen molar-refractivity contribution in [2.75, 3.05) is 59.9 Å². The minimum absolute atomic E-state index is 0.250. The van der Waals surface area contributed by atoms with Crippen molar-refractivity contribution in [3.8, 4) is 0 Å². The van der Waals surface area contributed by atoms with Crippen LogP contribution in [0.4, 0.5) is 4.79 Å². The highest BCUT2D eigenvalue weighted by atomic mass is 16.2. The van der Waals surface area contributed by atoms with E-state index in [-0.39, 0.29) is 6.03 Å². The molecule has 2 saturated heterocycles. The summed E-state index contributed by atoms with van der Waals surface area (Å²) in [6, 6.07) is 0.250. The van der Waals surface area contributed by atoms with Crippen LogP contribution in [0.15, 0.2) is 0 Å². The summed E-state index contributed by atoms with van der Waals surface area (Å²) in [6.07, 6.45) is 2.30. The molecule has 2 rings (SSSR count). The number of rotatable bonds is 2. The van der Waals surface area contributed by atoms with Gasteiger partial charge in [0.1, 0.15) is 0 Å². The maximum atomic E-state index is 12.3. The average Bonchev–Trinajstić information content (AvgIpc) is 2.39. The van der Waals surface area contributed by atoms with E-state index in [0.717, 1.165) is 64.6 Å². The lowest BCUT2D eigenvalue weighted by Crippen LogP contribution is -2.53. The molecular weight excluding hydrogens is 228 g/mol. The van der Waals surface area contributed by atoms with Crippen molar-refractivity contribution < 1.29 is 4.79 Å². The van der Waals surface area contributed by atoms with Crippen LogP contribution < -0.4 is 5.32 Å². The Morgan fingerprint density at radius 2 is 1.67 bits per heavy atom. The zero-order valence-corrected chi connectivity index (χ0v) is 11.7. The van der Waals surface area contributed by atoms with Crippen molar-refractivity contribution in [3.05, 3.63) is 0 Å². The maximum absolute atomic E-state index is 12.3. The highest BCUT2D eigenvalue weighted by Gasteiger charge is 2.26. The number of hydrogen-bond donors (Lipinski definition) is 1. The van der Waals surface area contributed by atoms with Crippen LogP contribution >= 0.6 is 0 Å². The van der Waals surface area contributed by atoms with Crippen LogP contribution in [0.1, 0.15) is 12.8 Å². The van der Waals surface area contributed by atoms with Crippen molar-refractivity contribution in [1.82, 2.24) is 20.0 Å². The summed E-state index contributed by atoms with van der Waals surface area (Å²) >= 11 is 0. The van der Waals surface area contributed by atoms with E-state index in [1.54, 1.807) is 0 Å². The van der Waals surface area contributed by atoms with Crippen molar-refractivity contribution in [2.24, 2.45) is 5.92 Å². The molecular formula is C13H26N4O. The van der Waals surface area contributed by atoms with Gasteiger partial charge >= 0.3 is 6.03 Å². The predicted octanol–water partition coefficient (Wildman–Crippen LogP) is 0.285. The van der Waals surface area contributed by atoms with Crippen LogP contribution in [0.3, 0.4) is 0 Å². The minimum atomic E-state index is 0.250. The molecule has 2 fully saturated rings. The molecule has 0 aromatic rings. The fraction of sp³-hybridized carbons (Fsp3) is 0.923. The molecule has 0 radical (unpaired) electrons. The SMILES string of the molecule is CN(C)CC1CCN(C(=O)N2CCNCC2)CC1. The van der Waals surface area contributed by atoms with Gasteiger partial charge in [-0.2, -0.15) is 0 Å². The van der Waals surface area contributed by atoms with Gasteiger partial charge in [0.2, 0.25) is 0 Å². The van der Waals surface area contributed by atoms with Gasteiger partial charge in [-0.15, -0.1) is 0 Å². The number of amides is 2. The van der Waals surface area contributed by atoms with Gasteiger partial charge in [0.05, 0.1) is 0 Å². The van der Waals surface area contributed by atoms with Crippen molar-refractivity contribution in [3.63, 3.8) is 0 Å². The van der Waals surface area contributed by atoms with Crippen LogP contribution in [-0.2, 0) is 0 Å². The van der Waals surface area contributed by atoms with Crippen LogP contribution in [0.2, 0.25) is 0 Å². The Kier molecular flexibility index (Phi) is 4.83. The number of nitrogens with one attached hydrogen (secondary N) is 1. The summed E-state index contributed by atoms with van der Waals surface area (Å²) in [6.45, 7) is 6.59. The van der Waals surface area contributed by atoms with E-state index in [1.807, 2.05) is 9.80 Å². The fourth-order valence-electron chi connectivity index (χ4n) is 2.88. The molecule has 0 spiro atoms. The van der Waals surface area contributed by atoms with E-state index >= 15 is 0 Å². The lowest BCUT2D eigenvalue weighted by atomic mass is 9.96. The maximum Gasteiger partial charge on any atom is 0.320 e. The van der Waals surface area contributed by atoms with E-state index in [9.17, 15) is 4.79 Å². The van der Waals surface area contributed by atoms with Crippen LogP contribution in [0.25, 0.3) is 0 Å². The highest BCUT2D eigenvalue weighted by Crippen LogP contribution is 2.18. The standard InChI is InChI=1S/C13H26N4O/c1-15(2)11-12-3-7-16(8-4-12)13(18)17-9-5-14-6-10-17/h12,14H,3-11H2,1-2H3. The second-order valence-corrected chi connectivity index (χ2v) is 5.71. The first-order valence-electron chi connectivity index (χ1n) is 7.06. The van der Waals surface area contributed by atoms with E-state index in [0.29, 0.717) is 0 Å². The third kappa shape index (κ3) is 3.59. The number of hydrogen-bond acceptors (Lipinski definition) is 3. The Hall–Kier alpha value is -0.810. The Bertz CT molecular complexity index is 268. The molecule has 2 aliphatic rings. The second-order valence-electron chi connectivity index (χ2n) is 5.71. The zero-order chi connectivity index (χ0) is 13.0. The Balaban J connectivity index is 1.76. The Labute approximate surface area is 110 Å². The van der Waals surface area contributed by atoms with Gasteiger partial charge in [-0.3, -0.25) is 0 Å². The lowest BCUT2D eigenvalue weighted by molar-refractivity contribution is 0.122. The molecule has 5 nitrogen and oxygen atoms in total. The Morgan fingerprint density at radius 3 is 2.22 bits per heavy atom. The molecule has 104 valence electrons. The Morgan fingerprint density at radius 1 is 1.11 bits per heavy atom. The largest absolute Gasteiger partial charge is 0.325 e. The summed E-state index contributed by atoms with van der Waals surface area (Å²) in [7, 11) is 4.25. The monoisotopic (exact) mass is 254 g/mol. The molecule has 5 heteroatoms. The average molecular weight is 254 g/mol. The van der Waals surface area contributed by atoms with Gasteiger partial charge in [-0.25, -0.2) is 4.79 Å². The number of likely N-dealkylation sites (tertiary alicyclic amines) is 1. The van der Waals surface area contributed by atoms with Crippen LogP contribution in [0.5, 0.6) is 0 Å². The fourth-order valence-corrected chi connectivity index (χ4v) is 2.88. The number of carbonyl (C=O) groups is 1. The smallest absolute Gasteiger partial charge is 0.320 e. The zero-order valence-electron chi connectivity index (χ0n) is 11.7. The highest BCUT2D eigenvalue weighted by molar-refractivity contribution is 5.74. The summed E-state index contributed by atoms with van der Waals surface area (Å²) in [5, 5.41) is 3.28. The molecule has 2 aliphatic heterocycles. The van der Waals surface area contributed by atoms with E-state index in [1.165, 1.54) is 0 Å². The normalized spacial score (nSPS) is 22.6. The number of urea groups is 1. The number of piperidine rings is 1. The number of nitrogens with zero attached hydrogens (tertiary/aromatic N) is 3. The molecule has 0 unspecified atom stereocenters. The van der Waals surface area contributed by atoms with E-state index in [4.69, 9.17) is 0 Å². The summed E-state index contributed by atoms with van der Waals surface area (Å²) in [4.78, 5) is 18.6. The van der Waals surface area contributed by atoms with Crippen LogP contribution in [0, 0.1) is 5.92 Å². The third-order valence-electron chi connectivity index (χ3n) is 3.90. The van der Waals surface area contributed by atoms with Crippen molar-refractivity contribution in [2.45, 2.75) is 12.8 Å². The van der Waals surface area contributed by atoms with Gasteiger partial charge in [0.15, 0.2) is 0 Å². The topological polar surface area (TPSA) is 38.8 Å². The molecule has 18 heavy (non-hydrogen) atoms. The van der Waals surface area contributed by atoms with Gasteiger partial charge < -0.3 is 20.0 Å². The molecule has 0 saturated carbocycles. The second kappa shape index (κ2) is 6.38. The number of carbonyl (C=O) groups excluding carboxylic acids is 1. The molecule has 2 amide bonds. The molecule has 1 N–H and O–H groups in total. The summed E-state index contributed by atoms with van der Waals surface area (Å²) in [5.74, 6) is 0.757. The van der Waals surface area contributed by atoms with Gasteiger partial charge in [-0.05, 0) is 32.9 Å². The molecule has 0 aromatic carbocycles. The first-order valence-corrected chi connectivity index (χ1v) is 7.06.